The summed E-state index contributed by atoms with van der Waals surface area (Å²) in [6.45, 7) is 0.425. The third-order valence-corrected chi connectivity index (χ3v) is 3.29. The number of pyridine rings is 1. The van der Waals surface area contributed by atoms with Crippen LogP contribution in [-0.4, -0.2) is 42.7 Å². The normalized spacial score (nSPS) is 12.4. The summed E-state index contributed by atoms with van der Waals surface area (Å²) in [5.74, 6) is 0.221. The van der Waals surface area contributed by atoms with Gasteiger partial charge in [0, 0.05) is 37.9 Å². The molecule has 102 valence electrons. The van der Waals surface area contributed by atoms with Crippen molar-refractivity contribution in [3.8, 4) is 0 Å². The van der Waals surface area contributed by atoms with E-state index in [0.717, 1.165) is 22.3 Å². The zero-order chi connectivity index (χ0) is 13.8. The predicted octanol–water partition coefficient (Wildman–Crippen LogP) is 2.31. The average molecular weight is 280 g/mol. The number of aliphatic hydroxyl groups is 1. The number of nitrogens with one attached hydrogen (secondary N) is 1. The van der Waals surface area contributed by atoms with E-state index in [-0.39, 0.29) is 5.88 Å². The molecule has 1 aromatic carbocycles. The van der Waals surface area contributed by atoms with Gasteiger partial charge in [0.1, 0.15) is 0 Å². The molecule has 2 rings (SSSR count). The second-order valence-corrected chi connectivity index (χ2v) is 4.92. The molecule has 0 fully saturated rings. The molecule has 1 unspecified atom stereocenters. The first-order chi connectivity index (χ1) is 9.13. The number of rotatable bonds is 5. The van der Waals surface area contributed by atoms with Gasteiger partial charge in [-0.15, -0.1) is 11.6 Å². The number of aliphatic hydroxyl groups excluding tert-OH is 1. The van der Waals surface area contributed by atoms with Crippen molar-refractivity contribution in [2.75, 3.05) is 36.7 Å². The molecule has 0 saturated carbocycles. The molecular weight excluding hydrogens is 262 g/mol. The van der Waals surface area contributed by atoms with E-state index in [2.05, 4.69) is 10.3 Å². The molecule has 2 aromatic rings. The SMILES string of the molecule is CN(C)c1ccc(NCC(O)CCl)c2cccnc12. The zero-order valence-electron chi connectivity index (χ0n) is 11.1. The van der Waals surface area contributed by atoms with Crippen LogP contribution in [0.5, 0.6) is 0 Å². The van der Waals surface area contributed by atoms with Crippen LogP contribution in [0.25, 0.3) is 10.9 Å². The fourth-order valence-electron chi connectivity index (χ4n) is 1.96. The number of alkyl halides is 1. The molecule has 4 nitrogen and oxygen atoms in total. The first-order valence-electron chi connectivity index (χ1n) is 6.16. The molecule has 0 aliphatic carbocycles. The first-order valence-corrected chi connectivity index (χ1v) is 6.70. The molecule has 0 spiro atoms. The highest BCUT2D eigenvalue weighted by atomic mass is 35.5. The van der Waals surface area contributed by atoms with Gasteiger partial charge in [-0.2, -0.15) is 0 Å². The zero-order valence-corrected chi connectivity index (χ0v) is 11.9. The minimum Gasteiger partial charge on any atom is -0.390 e. The average Bonchev–Trinajstić information content (AvgIpc) is 2.43. The minimum atomic E-state index is -0.554. The van der Waals surface area contributed by atoms with Gasteiger partial charge >= 0.3 is 0 Å². The lowest BCUT2D eigenvalue weighted by atomic mass is 10.1. The molecule has 0 radical (unpaired) electrons. The van der Waals surface area contributed by atoms with E-state index in [1.807, 2.05) is 43.3 Å². The van der Waals surface area contributed by atoms with Crippen molar-refractivity contribution in [2.45, 2.75) is 6.10 Å². The third-order valence-electron chi connectivity index (χ3n) is 2.94. The fourth-order valence-corrected chi connectivity index (χ4v) is 2.06. The van der Waals surface area contributed by atoms with E-state index >= 15 is 0 Å². The van der Waals surface area contributed by atoms with E-state index in [4.69, 9.17) is 11.6 Å². The van der Waals surface area contributed by atoms with Crippen LogP contribution in [0.15, 0.2) is 30.5 Å². The van der Waals surface area contributed by atoms with E-state index in [0.29, 0.717) is 6.54 Å². The molecule has 0 bridgehead atoms. The molecule has 2 N–H and O–H groups in total. The number of nitrogens with zero attached hydrogens (tertiary/aromatic N) is 2. The Morgan fingerprint density at radius 2 is 2.16 bits per heavy atom. The van der Waals surface area contributed by atoms with E-state index in [9.17, 15) is 5.11 Å². The van der Waals surface area contributed by atoms with Gasteiger partial charge in [-0.3, -0.25) is 4.98 Å². The standard InChI is InChI=1S/C14H18ClN3O/c1-18(2)13-6-5-12(17-9-10(19)8-15)11-4-3-7-16-14(11)13/h3-7,10,17,19H,8-9H2,1-2H3. The van der Waals surface area contributed by atoms with Crippen molar-refractivity contribution < 1.29 is 5.11 Å². The monoisotopic (exact) mass is 279 g/mol. The lowest BCUT2D eigenvalue weighted by molar-refractivity contribution is 0.211. The molecule has 1 atom stereocenters. The van der Waals surface area contributed by atoms with Crippen LogP contribution in [0.1, 0.15) is 0 Å². The van der Waals surface area contributed by atoms with E-state index < -0.39 is 6.10 Å². The summed E-state index contributed by atoms with van der Waals surface area (Å²) in [4.78, 5) is 6.47. The smallest absolute Gasteiger partial charge is 0.0955 e. The van der Waals surface area contributed by atoms with E-state index in [1.54, 1.807) is 6.20 Å². The predicted molar refractivity (Wildman–Crippen MR) is 81.3 cm³/mol. The highest BCUT2D eigenvalue weighted by molar-refractivity contribution is 6.18. The third kappa shape index (κ3) is 3.08. The van der Waals surface area contributed by atoms with E-state index in [1.165, 1.54) is 0 Å². The topological polar surface area (TPSA) is 48.4 Å². The Kier molecular flexibility index (Phi) is 4.45. The lowest BCUT2D eigenvalue weighted by Gasteiger charge is -2.18. The van der Waals surface area contributed by atoms with Crippen LogP contribution in [0.3, 0.4) is 0 Å². The van der Waals surface area contributed by atoms with Crippen molar-refractivity contribution in [3.63, 3.8) is 0 Å². The number of benzene rings is 1. The van der Waals surface area contributed by atoms with Gasteiger partial charge in [0.25, 0.3) is 0 Å². The molecule has 5 heteroatoms. The molecule has 1 heterocycles. The number of anilines is 2. The van der Waals surface area contributed by atoms with Crippen LogP contribution in [0.2, 0.25) is 0 Å². The van der Waals surface area contributed by atoms with Gasteiger partial charge in [-0.05, 0) is 24.3 Å². The summed E-state index contributed by atoms with van der Waals surface area (Å²) in [5.41, 5.74) is 2.97. The van der Waals surface area contributed by atoms with Crippen molar-refractivity contribution >= 4 is 33.9 Å². The summed E-state index contributed by atoms with van der Waals surface area (Å²) >= 11 is 5.59. The summed E-state index contributed by atoms with van der Waals surface area (Å²) in [6.07, 6.45) is 1.23. The summed E-state index contributed by atoms with van der Waals surface area (Å²) in [7, 11) is 3.99. The maximum Gasteiger partial charge on any atom is 0.0955 e. The Labute approximate surface area is 118 Å². The number of hydrogen-bond donors (Lipinski definition) is 2. The van der Waals surface area contributed by atoms with Gasteiger partial charge in [0.05, 0.1) is 23.2 Å². The Morgan fingerprint density at radius 3 is 2.84 bits per heavy atom. The van der Waals surface area contributed by atoms with Crippen molar-refractivity contribution in [2.24, 2.45) is 0 Å². The van der Waals surface area contributed by atoms with Crippen LogP contribution in [0.4, 0.5) is 11.4 Å². The highest BCUT2D eigenvalue weighted by Crippen LogP contribution is 2.29. The van der Waals surface area contributed by atoms with Crippen LogP contribution in [0, 0.1) is 0 Å². The lowest BCUT2D eigenvalue weighted by Crippen LogP contribution is -2.21. The van der Waals surface area contributed by atoms with Gasteiger partial charge in [0.15, 0.2) is 0 Å². The molecular formula is C14H18ClN3O. The van der Waals surface area contributed by atoms with Gasteiger partial charge in [-0.1, -0.05) is 0 Å². The summed E-state index contributed by atoms with van der Waals surface area (Å²) < 4.78 is 0. The molecule has 1 aromatic heterocycles. The number of fused-ring (bicyclic) bond motifs is 1. The minimum absolute atomic E-state index is 0.221. The number of hydrogen-bond acceptors (Lipinski definition) is 4. The highest BCUT2D eigenvalue weighted by Gasteiger charge is 2.09. The Morgan fingerprint density at radius 1 is 1.37 bits per heavy atom. The van der Waals surface area contributed by atoms with Crippen molar-refractivity contribution in [1.82, 2.24) is 4.98 Å². The Hall–Kier alpha value is -1.52. The Balaban J connectivity index is 2.38. The number of halogens is 1. The van der Waals surface area contributed by atoms with Crippen LogP contribution >= 0.6 is 11.6 Å². The van der Waals surface area contributed by atoms with Gasteiger partial charge < -0.3 is 15.3 Å². The molecule has 0 aliphatic rings. The second-order valence-electron chi connectivity index (χ2n) is 4.62. The van der Waals surface area contributed by atoms with Crippen LogP contribution < -0.4 is 10.2 Å². The maximum atomic E-state index is 9.52. The maximum absolute atomic E-state index is 9.52. The molecule has 0 aliphatic heterocycles. The van der Waals surface area contributed by atoms with Crippen molar-refractivity contribution in [3.05, 3.63) is 30.5 Å². The second kappa shape index (κ2) is 6.08. The van der Waals surface area contributed by atoms with Crippen molar-refractivity contribution in [1.29, 1.82) is 0 Å². The summed E-state index contributed by atoms with van der Waals surface area (Å²) in [6, 6.07) is 7.95. The molecule has 19 heavy (non-hydrogen) atoms. The molecule has 0 saturated heterocycles. The first kappa shape index (κ1) is 13.9. The largest absolute Gasteiger partial charge is 0.390 e. The molecule has 0 amide bonds. The summed E-state index contributed by atoms with van der Waals surface area (Å²) in [5, 5.41) is 13.8. The fraction of sp³-hybridized carbons (Fsp3) is 0.357. The van der Waals surface area contributed by atoms with Gasteiger partial charge in [-0.25, -0.2) is 0 Å². The van der Waals surface area contributed by atoms with Gasteiger partial charge in [0.2, 0.25) is 0 Å². The Bertz CT molecular complexity index is 559. The quantitative estimate of drug-likeness (QED) is 0.825. The number of aromatic nitrogens is 1. The van der Waals surface area contributed by atoms with Crippen LogP contribution in [-0.2, 0) is 0 Å².